The summed E-state index contributed by atoms with van der Waals surface area (Å²) in [6.45, 7) is 1.64. The second-order valence-corrected chi connectivity index (χ2v) is 7.55. The van der Waals surface area contributed by atoms with Gasteiger partial charge in [0.1, 0.15) is 17.6 Å². The zero-order valence-electron chi connectivity index (χ0n) is 14.1. The van der Waals surface area contributed by atoms with Gasteiger partial charge < -0.3 is 5.32 Å². The highest BCUT2D eigenvalue weighted by atomic mass is 32.2. The second-order valence-electron chi connectivity index (χ2n) is 5.71. The molecule has 142 valence electrons. The van der Waals surface area contributed by atoms with Crippen molar-refractivity contribution in [2.24, 2.45) is 0 Å². The van der Waals surface area contributed by atoms with Gasteiger partial charge in [0.2, 0.25) is 10.0 Å². The minimum Gasteiger partial charge on any atom is -0.319 e. The van der Waals surface area contributed by atoms with E-state index in [2.05, 4.69) is 20.3 Å². The quantitative estimate of drug-likeness (QED) is 0.591. The summed E-state index contributed by atoms with van der Waals surface area (Å²) in [5.41, 5.74) is -0.0704. The van der Waals surface area contributed by atoms with Gasteiger partial charge in [0.15, 0.2) is 17.7 Å². The van der Waals surface area contributed by atoms with Gasteiger partial charge >= 0.3 is 0 Å². The van der Waals surface area contributed by atoms with Gasteiger partial charge in [0.25, 0.3) is 11.6 Å². The van der Waals surface area contributed by atoms with E-state index in [4.69, 9.17) is 0 Å². The van der Waals surface area contributed by atoms with Gasteiger partial charge in [-0.05, 0) is 18.6 Å². The molecular formula is C16H16F2N5O3S+. The minimum atomic E-state index is -3.80. The Hall–Kier alpha value is -3.08. The number of pyridine rings is 1. The normalized spacial score (nSPS) is 11.5. The summed E-state index contributed by atoms with van der Waals surface area (Å²) in [6.07, 6.45) is 3.17. The van der Waals surface area contributed by atoms with E-state index in [1.54, 1.807) is 6.92 Å². The number of anilines is 2. The van der Waals surface area contributed by atoms with Crippen LogP contribution in [0.5, 0.6) is 0 Å². The summed E-state index contributed by atoms with van der Waals surface area (Å²) in [5, 5.41) is 2.34. The molecule has 4 N–H and O–H groups in total. The molecule has 0 unspecified atom stereocenters. The zero-order chi connectivity index (χ0) is 19.6. The Balaban J connectivity index is 1.90. The van der Waals surface area contributed by atoms with E-state index in [1.807, 2.05) is 4.72 Å². The third-order valence-corrected chi connectivity index (χ3v) is 5.12. The lowest BCUT2D eigenvalue weighted by molar-refractivity contribution is -0.347. The maximum Gasteiger partial charge on any atom is 0.299 e. The van der Waals surface area contributed by atoms with E-state index in [0.29, 0.717) is 17.6 Å². The Morgan fingerprint density at radius 2 is 2.11 bits per heavy atom. The molecule has 0 spiro atoms. The van der Waals surface area contributed by atoms with Gasteiger partial charge in [-0.25, -0.2) is 22.2 Å². The van der Waals surface area contributed by atoms with Gasteiger partial charge in [-0.1, -0.05) is 6.92 Å². The number of amides is 1. The van der Waals surface area contributed by atoms with Crippen LogP contribution in [0.4, 0.5) is 20.2 Å². The lowest BCUT2D eigenvalue weighted by Crippen LogP contribution is -2.20. The van der Waals surface area contributed by atoms with Crippen LogP contribution in [0.15, 0.2) is 30.7 Å². The number of imidazole rings is 1. The maximum absolute atomic E-state index is 14.6. The second kappa shape index (κ2) is 7.27. The molecule has 8 nitrogen and oxygen atoms in total. The fourth-order valence-corrected chi connectivity index (χ4v) is 3.59. The number of H-pyrrole nitrogens is 2. The first-order chi connectivity index (χ1) is 12.8. The Morgan fingerprint density at radius 3 is 2.85 bits per heavy atom. The van der Waals surface area contributed by atoms with Crippen LogP contribution in [0.1, 0.15) is 23.7 Å². The number of aromatic nitrogens is 3. The highest BCUT2D eigenvalue weighted by molar-refractivity contribution is 7.92. The summed E-state index contributed by atoms with van der Waals surface area (Å²) in [6, 6.07) is 3.28. The largest absolute Gasteiger partial charge is 0.319 e. The van der Waals surface area contributed by atoms with Crippen LogP contribution >= 0.6 is 0 Å². The van der Waals surface area contributed by atoms with Crippen molar-refractivity contribution in [3.63, 3.8) is 0 Å². The number of fused-ring (bicyclic) bond motifs is 1. The number of carbonyl (C=O) groups is 1. The van der Waals surface area contributed by atoms with Crippen LogP contribution in [0.25, 0.3) is 11.2 Å². The predicted molar refractivity (Wildman–Crippen MR) is 94.7 cm³/mol. The topological polar surface area (TPSA) is 118 Å². The van der Waals surface area contributed by atoms with Gasteiger partial charge in [-0.15, -0.1) is 4.98 Å². The van der Waals surface area contributed by atoms with E-state index in [1.165, 1.54) is 18.6 Å². The Labute approximate surface area is 153 Å². The summed E-state index contributed by atoms with van der Waals surface area (Å²) in [4.78, 5) is 22.1. The van der Waals surface area contributed by atoms with Crippen molar-refractivity contribution in [3.05, 3.63) is 47.9 Å². The van der Waals surface area contributed by atoms with Crippen LogP contribution in [0.2, 0.25) is 0 Å². The van der Waals surface area contributed by atoms with Crippen molar-refractivity contribution in [2.45, 2.75) is 13.3 Å². The number of rotatable bonds is 6. The van der Waals surface area contributed by atoms with Gasteiger partial charge in [-0.3, -0.25) is 14.5 Å². The zero-order valence-corrected chi connectivity index (χ0v) is 15.0. The van der Waals surface area contributed by atoms with Gasteiger partial charge in [-0.2, -0.15) is 0 Å². The van der Waals surface area contributed by atoms with Crippen molar-refractivity contribution in [1.29, 1.82) is 0 Å². The van der Waals surface area contributed by atoms with Crippen LogP contribution in [0.3, 0.4) is 0 Å². The molecule has 27 heavy (non-hydrogen) atoms. The number of nitrogens with zero attached hydrogens (tertiary/aromatic N) is 1. The number of aromatic amines is 2. The Bertz CT molecular complexity index is 1110. The molecule has 1 aromatic carbocycles. The lowest BCUT2D eigenvalue weighted by Gasteiger charge is -2.12. The summed E-state index contributed by atoms with van der Waals surface area (Å²) >= 11 is 0. The first-order valence-electron chi connectivity index (χ1n) is 7.95. The van der Waals surface area contributed by atoms with Crippen molar-refractivity contribution in [2.75, 3.05) is 15.8 Å². The summed E-state index contributed by atoms with van der Waals surface area (Å²) in [7, 11) is -3.80. The summed E-state index contributed by atoms with van der Waals surface area (Å²) < 4.78 is 54.3. The van der Waals surface area contributed by atoms with Crippen molar-refractivity contribution in [1.82, 2.24) is 9.97 Å². The van der Waals surface area contributed by atoms with Gasteiger partial charge in [0.05, 0.1) is 17.1 Å². The molecule has 11 heteroatoms. The monoisotopic (exact) mass is 396 g/mol. The van der Waals surface area contributed by atoms with Crippen molar-refractivity contribution in [3.8, 4) is 0 Å². The van der Waals surface area contributed by atoms with E-state index in [9.17, 15) is 22.0 Å². The number of hydrogen-bond donors (Lipinski definition) is 3. The molecule has 0 aliphatic rings. The van der Waals surface area contributed by atoms with Crippen LogP contribution in [0, 0.1) is 11.6 Å². The van der Waals surface area contributed by atoms with Crippen molar-refractivity contribution < 1.29 is 27.0 Å². The third kappa shape index (κ3) is 4.03. The molecule has 0 atom stereocenters. The highest BCUT2D eigenvalue weighted by Gasteiger charge is 2.23. The lowest BCUT2D eigenvalue weighted by atomic mass is 10.1. The molecule has 0 fully saturated rings. The fraction of sp³-hybridized carbons (Fsp3) is 0.188. The molecule has 2 aromatic heterocycles. The minimum absolute atomic E-state index is 0.208. The SMILES string of the molecule is CCCS(=O)(=O)Nc1ccc(F)c(C(=O)Nc2cnc3[nH+]c[nH]c3c2)c1F. The van der Waals surface area contributed by atoms with E-state index < -0.39 is 38.8 Å². The third-order valence-electron chi connectivity index (χ3n) is 3.64. The van der Waals surface area contributed by atoms with Gasteiger partial charge in [0, 0.05) is 6.07 Å². The molecular weight excluding hydrogens is 380 g/mol. The number of halogens is 2. The molecule has 3 aromatic rings. The predicted octanol–water partition coefficient (Wildman–Crippen LogP) is 2.06. The molecule has 0 bridgehead atoms. The smallest absolute Gasteiger partial charge is 0.299 e. The van der Waals surface area contributed by atoms with Crippen LogP contribution < -0.4 is 15.0 Å². The Kier molecular flexibility index (Phi) is 5.04. The van der Waals surface area contributed by atoms with Crippen molar-refractivity contribution >= 4 is 38.5 Å². The molecule has 0 aliphatic heterocycles. The maximum atomic E-state index is 14.6. The fourth-order valence-electron chi connectivity index (χ4n) is 2.46. The molecule has 2 heterocycles. The average molecular weight is 396 g/mol. The average Bonchev–Trinajstić information content (AvgIpc) is 3.05. The molecule has 0 radical (unpaired) electrons. The first kappa shape index (κ1) is 18.7. The van der Waals surface area contributed by atoms with Crippen LogP contribution in [-0.2, 0) is 10.0 Å². The molecule has 0 saturated heterocycles. The highest BCUT2D eigenvalue weighted by Crippen LogP contribution is 2.24. The molecule has 0 saturated carbocycles. The van der Waals surface area contributed by atoms with E-state index >= 15 is 0 Å². The standard InChI is InChI=1S/C16H15F2N5O3S/c1-2-5-27(25,26)23-11-4-3-10(17)13(14(11)18)16(24)22-9-6-12-15(19-7-9)21-8-20-12/h3-4,6-8,23H,2,5H2,1H3,(H,22,24)(H,19,20,21)/p+1. The number of hydrogen-bond acceptors (Lipinski definition) is 4. The molecule has 1 amide bonds. The number of nitrogens with one attached hydrogen (secondary N) is 4. The number of carbonyl (C=O) groups excluding carboxylic acids is 1. The number of benzene rings is 1. The molecule has 0 aliphatic carbocycles. The van der Waals surface area contributed by atoms with Crippen LogP contribution in [-0.4, -0.2) is 30.0 Å². The number of sulfonamides is 1. The van der Waals surface area contributed by atoms with E-state index in [0.717, 1.165) is 12.1 Å². The first-order valence-corrected chi connectivity index (χ1v) is 9.60. The Morgan fingerprint density at radius 1 is 1.33 bits per heavy atom. The summed E-state index contributed by atoms with van der Waals surface area (Å²) in [5.74, 6) is -3.72. The van der Waals surface area contributed by atoms with E-state index in [-0.39, 0.29) is 11.4 Å². The molecule has 3 rings (SSSR count).